The second kappa shape index (κ2) is 3.80. The first-order valence-electron chi connectivity index (χ1n) is 2.74. The van der Waals surface area contributed by atoms with Crippen molar-refractivity contribution in [2.75, 3.05) is 12.0 Å². The van der Waals surface area contributed by atoms with Gasteiger partial charge in [0, 0.05) is 6.42 Å². The Morgan fingerprint density at radius 2 is 2.20 bits per heavy atom. The average molecular weight is 165 g/mol. The molecular formula is C5H11NO3S. The molecule has 0 aromatic heterocycles. The summed E-state index contributed by atoms with van der Waals surface area (Å²) in [6, 6.07) is 0. The zero-order valence-corrected chi connectivity index (χ0v) is 6.52. The lowest BCUT2D eigenvalue weighted by Gasteiger charge is -2.15. The Bertz CT molecular complexity index is 126. The highest BCUT2D eigenvalue weighted by atomic mass is 32.2. The van der Waals surface area contributed by atoms with Gasteiger partial charge in [0.05, 0.1) is 0 Å². The third-order valence-electron chi connectivity index (χ3n) is 1.05. The van der Waals surface area contributed by atoms with E-state index >= 15 is 0 Å². The molecule has 0 saturated carbocycles. The maximum atomic E-state index is 10.2. The summed E-state index contributed by atoms with van der Waals surface area (Å²) in [6.07, 6.45) is 1.78. The van der Waals surface area contributed by atoms with E-state index in [4.69, 9.17) is 10.2 Å². The molecule has 0 spiro atoms. The van der Waals surface area contributed by atoms with Crippen LogP contribution in [0.4, 0.5) is 0 Å². The number of thioether (sulfide) groups is 1. The van der Waals surface area contributed by atoms with Crippen LogP contribution >= 0.6 is 11.8 Å². The third kappa shape index (κ3) is 3.05. The van der Waals surface area contributed by atoms with Gasteiger partial charge in [0.25, 0.3) is 5.91 Å². The van der Waals surface area contributed by atoms with Crippen molar-refractivity contribution in [3.63, 3.8) is 0 Å². The Labute approximate surface area is 63.4 Å². The van der Waals surface area contributed by atoms with E-state index in [0.717, 1.165) is 0 Å². The van der Waals surface area contributed by atoms with Crippen molar-refractivity contribution in [3.05, 3.63) is 0 Å². The van der Waals surface area contributed by atoms with Gasteiger partial charge in [-0.15, -0.1) is 0 Å². The van der Waals surface area contributed by atoms with Crippen molar-refractivity contribution < 1.29 is 15.0 Å². The predicted octanol–water partition coefficient (Wildman–Crippen LogP) is -1.09. The molecule has 0 aromatic carbocycles. The van der Waals surface area contributed by atoms with Gasteiger partial charge in [0.15, 0.2) is 0 Å². The summed E-state index contributed by atoms with van der Waals surface area (Å²) >= 11 is 1.42. The van der Waals surface area contributed by atoms with Gasteiger partial charge >= 0.3 is 0 Å². The van der Waals surface area contributed by atoms with E-state index in [-0.39, 0.29) is 6.42 Å². The van der Waals surface area contributed by atoms with E-state index in [9.17, 15) is 4.79 Å². The number of rotatable bonds is 4. The van der Waals surface area contributed by atoms with Crippen LogP contribution in [0.1, 0.15) is 6.42 Å². The fourth-order valence-corrected chi connectivity index (χ4v) is 0.856. The molecule has 0 rings (SSSR count). The second-order valence-corrected chi connectivity index (χ2v) is 2.91. The minimum atomic E-state index is -2.33. The van der Waals surface area contributed by atoms with Crippen LogP contribution < -0.4 is 5.73 Å². The highest BCUT2D eigenvalue weighted by Gasteiger charge is 2.29. The molecule has 5 heteroatoms. The largest absolute Gasteiger partial charge is 0.365 e. The fourth-order valence-electron chi connectivity index (χ4n) is 0.368. The molecule has 0 fully saturated rings. The minimum absolute atomic E-state index is 0.0243. The van der Waals surface area contributed by atoms with Gasteiger partial charge < -0.3 is 15.9 Å². The Hall–Kier alpha value is -0.260. The van der Waals surface area contributed by atoms with Crippen LogP contribution in [0, 0.1) is 0 Å². The number of hydrogen-bond donors (Lipinski definition) is 3. The SMILES string of the molecule is CSCCC(O)(O)C(N)=O. The number of carbonyl (C=O) groups excluding carboxylic acids is 1. The van der Waals surface area contributed by atoms with Crippen LogP contribution in [-0.2, 0) is 4.79 Å². The molecular weight excluding hydrogens is 154 g/mol. The van der Waals surface area contributed by atoms with Crippen LogP contribution in [0.15, 0.2) is 0 Å². The Morgan fingerprint density at radius 3 is 2.50 bits per heavy atom. The first kappa shape index (κ1) is 9.74. The van der Waals surface area contributed by atoms with Crippen molar-refractivity contribution in [1.82, 2.24) is 0 Å². The molecule has 4 N–H and O–H groups in total. The topological polar surface area (TPSA) is 83.6 Å². The highest BCUT2D eigenvalue weighted by molar-refractivity contribution is 7.98. The normalized spacial score (nSPS) is 11.5. The van der Waals surface area contributed by atoms with E-state index in [0.29, 0.717) is 5.75 Å². The molecule has 60 valence electrons. The number of carbonyl (C=O) groups is 1. The summed E-state index contributed by atoms with van der Waals surface area (Å²) < 4.78 is 0. The van der Waals surface area contributed by atoms with Gasteiger partial charge in [-0.25, -0.2) is 0 Å². The van der Waals surface area contributed by atoms with Crippen LogP contribution in [0.25, 0.3) is 0 Å². The van der Waals surface area contributed by atoms with Gasteiger partial charge in [-0.1, -0.05) is 0 Å². The summed E-state index contributed by atoms with van der Waals surface area (Å²) in [7, 11) is 0. The van der Waals surface area contributed by atoms with Crippen LogP contribution in [-0.4, -0.2) is 33.9 Å². The minimum Gasteiger partial charge on any atom is -0.365 e. The molecule has 0 bridgehead atoms. The lowest BCUT2D eigenvalue weighted by Crippen LogP contribution is -2.44. The number of amides is 1. The van der Waals surface area contributed by atoms with Crippen molar-refractivity contribution in [1.29, 1.82) is 0 Å². The average Bonchev–Trinajstić information content (AvgIpc) is 1.84. The molecule has 0 atom stereocenters. The Kier molecular flexibility index (Phi) is 3.70. The van der Waals surface area contributed by atoms with E-state index in [1.165, 1.54) is 11.8 Å². The van der Waals surface area contributed by atoms with Crippen molar-refractivity contribution in [2.45, 2.75) is 12.2 Å². The van der Waals surface area contributed by atoms with E-state index in [2.05, 4.69) is 5.73 Å². The Morgan fingerprint density at radius 1 is 1.70 bits per heavy atom. The summed E-state index contributed by atoms with van der Waals surface area (Å²) in [4.78, 5) is 10.2. The van der Waals surface area contributed by atoms with Gasteiger partial charge in [0.1, 0.15) is 0 Å². The van der Waals surface area contributed by atoms with Crippen LogP contribution in [0.2, 0.25) is 0 Å². The van der Waals surface area contributed by atoms with E-state index in [1.807, 2.05) is 0 Å². The molecule has 0 saturated heterocycles. The first-order valence-corrected chi connectivity index (χ1v) is 4.13. The third-order valence-corrected chi connectivity index (χ3v) is 1.66. The Balaban J connectivity index is 3.75. The number of nitrogens with two attached hydrogens (primary N) is 1. The second-order valence-electron chi connectivity index (χ2n) is 1.92. The van der Waals surface area contributed by atoms with Crippen LogP contribution in [0.3, 0.4) is 0 Å². The summed E-state index contributed by atoms with van der Waals surface area (Å²) in [5.74, 6) is -2.93. The van der Waals surface area contributed by atoms with Gasteiger partial charge in [-0.05, 0) is 12.0 Å². The summed E-state index contributed by atoms with van der Waals surface area (Å²) in [6.45, 7) is 0. The molecule has 0 aliphatic heterocycles. The molecule has 0 unspecified atom stereocenters. The number of hydrogen-bond acceptors (Lipinski definition) is 4. The summed E-state index contributed by atoms with van der Waals surface area (Å²) in [5, 5.41) is 17.6. The molecule has 0 heterocycles. The number of aliphatic hydroxyl groups is 2. The summed E-state index contributed by atoms with van der Waals surface area (Å²) in [5.41, 5.74) is 4.66. The molecule has 1 amide bonds. The maximum Gasteiger partial charge on any atom is 0.277 e. The molecule has 4 nitrogen and oxygen atoms in total. The quantitative estimate of drug-likeness (QED) is 0.462. The van der Waals surface area contributed by atoms with Crippen molar-refractivity contribution in [2.24, 2.45) is 5.73 Å². The lowest BCUT2D eigenvalue weighted by molar-refractivity contribution is -0.181. The molecule has 0 aromatic rings. The smallest absolute Gasteiger partial charge is 0.277 e. The predicted molar refractivity (Wildman–Crippen MR) is 39.4 cm³/mol. The maximum absolute atomic E-state index is 10.2. The highest BCUT2D eigenvalue weighted by Crippen LogP contribution is 2.08. The van der Waals surface area contributed by atoms with Gasteiger partial charge in [0.2, 0.25) is 5.79 Å². The number of primary amides is 1. The van der Waals surface area contributed by atoms with Crippen LogP contribution in [0.5, 0.6) is 0 Å². The zero-order valence-electron chi connectivity index (χ0n) is 5.70. The molecule has 0 radical (unpaired) electrons. The molecule has 0 aliphatic rings. The standard InChI is InChI=1S/C5H11NO3S/c1-10-3-2-5(8,9)4(6)7/h8-9H,2-3H2,1H3,(H2,6,7). The fraction of sp³-hybridized carbons (Fsp3) is 0.800. The lowest BCUT2D eigenvalue weighted by atomic mass is 10.2. The first-order chi connectivity index (χ1) is 4.50. The molecule has 10 heavy (non-hydrogen) atoms. The van der Waals surface area contributed by atoms with E-state index in [1.54, 1.807) is 6.26 Å². The monoisotopic (exact) mass is 165 g/mol. The zero-order chi connectivity index (χ0) is 8.20. The van der Waals surface area contributed by atoms with Gasteiger partial charge in [-0.2, -0.15) is 11.8 Å². The van der Waals surface area contributed by atoms with Gasteiger partial charge in [-0.3, -0.25) is 4.79 Å². The van der Waals surface area contributed by atoms with E-state index < -0.39 is 11.7 Å². The van der Waals surface area contributed by atoms with Crippen molar-refractivity contribution >= 4 is 17.7 Å². The van der Waals surface area contributed by atoms with Crippen molar-refractivity contribution in [3.8, 4) is 0 Å². The molecule has 0 aliphatic carbocycles.